The van der Waals surface area contributed by atoms with E-state index in [-0.39, 0.29) is 5.56 Å². The lowest BCUT2D eigenvalue weighted by molar-refractivity contribution is -0.385. The number of hydrogen-bond donors (Lipinski definition) is 3. The summed E-state index contributed by atoms with van der Waals surface area (Å²) in [5.74, 6) is -0.922. The van der Waals surface area contributed by atoms with Crippen molar-refractivity contribution in [2.24, 2.45) is 5.10 Å². The van der Waals surface area contributed by atoms with Crippen LogP contribution in [0.5, 0.6) is 5.75 Å². The highest BCUT2D eigenvalue weighted by atomic mass is 79.9. The van der Waals surface area contributed by atoms with Crippen LogP contribution in [0.4, 0.5) is 11.4 Å². The Bertz CT molecular complexity index is 870. The van der Waals surface area contributed by atoms with Crippen molar-refractivity contribution in [1.82, 2.24) is 5.43 Å². The van der Waals surface area contributed by atoms with Gasteiger partial charge in [0.05, 0.1) is 11.1 Å². The fourth-order valence-electron chi connectivity index (χ4n) is 2.16. The van der Waals surface area contributed by atoms with Crippen LogP contribution in [0.2, 0.25) is 0 Å². The highest BCUT2D eigenvalue weighted by molar-refractivity contribution is 9.10. The van der Waals surface area contributed by atoms with Crippen LogP contribution in [0.1, 0.15) is 18.1 Å². The third-order valence-corrected chi connectivity index (χ3v) is 3.91. The van der Waals surface area contributed by atoms with Gasteiger partial charge < -0.3 is 10.4 Å². The van der Waals surface area contributed by atoms with Gasteiger partial charge >= 0.3 is 5.69 Å². The molecule has 2 aromatic rings. The van der Waals surface area contributed by atoms with Crippen LogP contribution >= 0.6 is 15.9 Å². The second-order valence-electron chi connectivity index (χ2n) is 5.59. The Labute approximate surface area is 158 Å². The normalized spacial score (nSPS) is 12.0. The van der Waals surface area contributed by atoms with Gasteiger partial charge in [-0.2, -0.15) is 5.10 Å². The quantitative estimate of drug-likeness (QED) is 0.376. The number of carbonyl (C=O) groups excluding carboxylic acids is 1. The third kappa shape index (κ3) is 5.03. The maximum atomic E-state index is 12.1. The van der Waals surface area contributed by atoms with Crippen LogP contribution in [0.3, 0.4) is 0 Å². The van der Waals surface area contributed by atoms with E-state index in [2.05, 4.69) is 31.8 Å². The molecule has 136 valence electrons. The molecule has 0 saturated carbocycles. The number of anilines is 1. The van der Waals surface area contributed by atoms with Crippen molar-refractivity contribution in [2.75, 3.05) is 5.32 Å². The molecule has 0 spiro atoms. The number of nitro groups is 1. The van der Waals surface area contributed by atoms with Gasteiger partial charge in [-0.15, -0.1) is 0 Å². The number of carbonyl (C=O) groups is 1. The number of phenolic OH excluding ortho intramolecular Hbond substituents is 1. The van der Waals surface area contributed by atoms with Crippen molar-refractivity contribution in [3.63, 3.8) is 0 Å². The zero-order valence-corrected chi connectivity index (χ0v) is 15.6. The second kappa shape index (κ2) is 8.43. The van der Waals surface area contributed by atoms with Gasteiger partial charge in [0.2, 0.25) is 5.75 Å². The monoisotopic (exact) mass is 420 g/mol. The first-order chi connectivity index (χ1) is 12.3. The molecule has 0 heterocycles. The minimum atomic E-state index is -0.705. The molecule has 0 saturated heterocycles. The highest BCUT2D eigenvalue weighted by Gasteiger charge is 2.18. The van der Waals surface area contributed by atoms with E-state index in [1.807, 2.05) is 31.2 Å². The molecule has 8 nitrogen and oxygen atoms in total. The topological polar surface area (TPSA) is 117 Å². The number of nitrogens with one attached hydrogen (secondary N) is 2. The van der Waals surface area contributed by atoms with Crippen molar-refractivity contribution < 1.29 is 14.8 Å². The predicted octanol–water partition coefficient (Wildman–Crippen LogP) is 3.32. The summed E-state index contributed by atoms with van der Waals surface area (Å²) >= 11 is 3.13. The average molecular weight is 421 g/mol. The van der Waals surface area contributed by atoms with E-state index in [1.165, 1.54) is 12.1 Å². The van der Waals surface area contributed by atoms with Crippen LogP contribution in [0.15, 0.2) is 46.0 Å². The molecule has 3 N–H and O–H groups in total. The molecule has 0 unspecified atom stereocenters. The first-order valence-corrected chi connectivity index (χ1v) is 8.40. The zero-order valence-electron chi connectivity index (χ0n) is 14.1. The van der Waals surface area contributed by atoms with E-state index in [1.54, 1.807) is 6.92 Å². The van der Waals surface area contributed by atoms with Gasteiger partial charge in [0, 0.05) is 21.8 Å². The molecular formula is C17H17BrN4O4. The van der Waals surface area contributed by atoms with E-state index in [4.69, 9.17) is 0 Å². The number of nitrogens with zero attached hydrogens (tertiary/aromatic N) is 2. The number of aryl methyl sites for hydroxylation is 1. The van der Waals surface area contributed by atoms with Crippen molar-refractivity contribution in [1.29, 1.82) is 0 Å². The Kier molecular flexibility index (Phi) is 6.29. The van der Waals surface area contributed by atoms with E-state index < -0.39 is 28.3 Å². The number of hydrazone groups is 1. The summed E-state index contributed by atoms with van der Waals surface area (Å²) in [6, 6.07) is 9.66. The number of nitro benzene ring substituents is 1. The lowest BCUT2D eigenvalue weighted by Crippen LogP contribution is -2.34. The highest BCUT2D eigenvalue weighted by Crippen LogP contribution is 2.32. The summed E-state index contributed by atoms with van der Waals surface area (Å²) in [5, 5.41) is 27.6. The second-order valence-corrected chi connectivity index (χ2v) is 6.51. The van der Waals surface area contributed by atoms with Gasteiger partial charge in [0.15, 0.2) is 0 Å². The Morgan fingerprint density at radius 1 is 1.38 bits per heavy atom. The lowest BCUT2D eigenvalue weighted by atomic mass is 10.2. The largest absolute Gasteiger partial charge is 0.502 e. The van der Waals surface area contributed by atoms with E-state index in [0.717, 1.165) is 17.5 Å². The molecule has 0 radical (unpaired) electrons. The van der Waals surface area contributed by atoms with Gasteiger partial charge in [-0.1, -0.05) is 28.1 Å². The lowest BCUT2D eigenvalue weighted by Gasteiger charge is -2.13. The molecule has 0 fully saturated rings. The molecule has 2 aromatic carbocycles. The van der Waals surface area contributed by atoms with Gasteiger partial charge in [-0.05, 0) is 37.6 Å². The third-order valence-electron chi connectivity index (χ3n) is 3.45. The maximum Gasteiger partial charge on any atom is 0.312 e. The minimum absolute atomic E-state index is 0.102. The molecule has 0 aliphatic rings. The summed E-state index contributed by atoms with van der Waals surface area (Å²) in [4.78, 5) is 22.3. The molecule has 0 aliphatic heterocycles. The zero-order chi connectivity index (χ0) is 19.3. The molecule has 2 rings (SSSR count). The van der Waals surface area contributed by atoms with Crippen molar-refractivity contribution >= 4 is 39.4 Å². The van der Waals surface area contributed by atoms with E-state index in [0.29, 0.717) is 4.47 Å². The molecule has 1 atom stereocenters. The van der Waals surface area contributed by atoms with Crippen molar-refractivity contribution in [2.45, 2.75) is 19.9 Å². The molecule has 0 aromatic heterocycles. The number of amides is 1. The first-order valence-electron chi connectivity index (χ1n) is 7.61. The molecule has 0 bridgehead atoms. The molecular weight excluding hydrogens is 404 g/mol. The fraction of sp³-hybridized carbons (Fsp3) is 0.176. The van der Waals surface area contributed by atoms with E-state index >= 15 is 0 Å². The van der Waals surface area contributed by atoms with Crippen LogP contribution in [-0.2, 0) is 4.79 Å². The Hall–Kier alpha value is -2.94. The van der Waals surface area contributed by atoms with Crippen LogP contribution in [-0.4, -0.2) is 28.2 Å². The Balaban J connectivity index is 2.03. The van der Waals surface area contributed by atoms with Gasteiger partial charge in [-0.25, -0.2) is 5.43 Å². The number of phenols is 1. The minimum Gasteiger partial charge on any atom is -0.502 e. The summed E-state index contributed by atoms with van der Waals surface area (Å²) in [5.41, 5.74) is 3.84. The number of rotatable bonds is 6. The van der Waals surface area contributed by atoms with Crippen molar-refractivity contribution in [3.8, 4) is 5.75 Å². The maximum absolute atomic E-state index is 12.1. The number of aromatic hydroxyl groups is 1. The smallest absolute Gasteiger partial charge is 0.312 e. The summed E-state index contributed by atoms with van der Waals surface area (Å²) in [7, 11) is 0. The SMILES string of the molecule is Cc1cccc(N[C@H](C)C(=O)N/N=C\c2cc(Br)cc([N+](=O)[O-])c2O)c1. The van der Waals surface area contributed by atoms with E-state index in [9.17, 15) is 20.0 Å². The van der Waals surface area contributed by atoms with Gasteiger partial charge in [0.25, 0.3) is 5.91 Å². The predicted molar refractivity (Wildman–Crippen MR) is 102 cm³/mol. The Morgan fingerprint density at radius 2 is 2.12 bits per heavy atom. The summed E-state index contributed by atoms with van der Waals surface area (Å²) < 4.78 is 0.407. The number of benzene rings is 2. The summed E-state index contributed by atoms with van der Waals surface area (Å²) in [6.45, 7) is 3.62. The fourth-order valence-corrected chi connectivity index (χ4v) is 2.62. The van der Waals surface area contributed by atoms with Gasteiger partial charge in [-0.3, -0.25) is 14.9 Å². The van der Waals surface area contributed by atoms with Crippen LogP contribution in [0, 0.1) is 17.0 Å². The van der Waals surface area contributed by atoms with Gasteiger partial charge in [0.1, 0.15) is 6.04 Å². The number of hydrogen-bond acceptors (Lipinski definition) is 6. The number of halogens is 1. The average Bonchev–Trinajstić information content (AvgIpc) is 2.57. The first kappa shape index (κ1) is 19.4. The van der Waals surface area contributed by atoms with Crippen LogP contribution in [0.25, 0.3) is 0 Å². The molecule has 1 amide bonds. The van der Waals surface area contributed by atoms with Crippen LogP contribution < -0.4 is 10.7 Å². The Morgan fingerprint density at radius 3 is 2.77 bits per heavy atom. The molecule has 0 aliphatic carbocycles. The molecule has 9 heteroatoms. The standard InChI is InChI=1S/C17H17BrN4O4/c1-10-4-3-5-14(6-10)20-11(2)17(24)21-19-9-12-7-13(18)8-15(16(12)23)22(25)26/h3-9,11,20,23H,1-2H3,(H,21,24)/b19-9-/t11-/m1/s1. The molecule has 26 heavy (non-hydrogen) atoms. The summed E-state index contributed by atoms with van der Waals surface area (Å²) in [6.07, 6.45) is 1.14. The van der Waals surface area contributed by atoms with Crippen molar-refractivity contribution in [3.05, 3.63) is 62.1 Å².